The first-order valence-electron chi connectivity index (χ1n) is 5.00. The molecule has 3 heteroatoms. The van der Waals surface area contributed by atoms with E-state index in [-0.39, 0.29) is 0 Å². The number of hydrogen-bond donors (Lipinski definition) is 0. The van der Waals surface area contributed by atoms with Crippen LogP contribution in [-0.2, 0) is 10.7 Å². The second kappa shape index (κ2) is 5.55. The Balaban J connectivity index is 2.18. The summed E-state index contributed by atoms with van der Waals surface area (Å²) >= 11 is 2.28. The van der Waals surface area contributed by atoms with Crippen LogP contribution in [0.25, 0.3) is 0 Å². The van der Waals surface area contributed by atoms with E-state index in [0.29, 0.717) is 6.16 Å². The molecule has 0 N–H and O–H groups in total. The minimum absolute atomic E-state index is 0.623. The van der Waals surface area contributed by atoms with E-state index < -0.39 is 7.80 Å². The van der Waals surface area contributed by atoms with Crippen LogP contribution in [0.4, 0.5) is 0 Å². The fraction of sp³-hybridized carbons (Fsp3) is 0.0769. The van der Waals surface area contributed by atoms with Gasteiger partial charge < -0.3 is 0 Å². The van der Waals surface area contributed by atoms with Crippen LogP contribution < -0.4 is 5.30 Å². The van der Waals surface area contributed by atoms with E-state index in [0.717, 1.165) is 10.9 Å². The largest absolute Gasteiger partial charge is 0.381 e. The predicted molar refractivity (Wildman–Crippen MR) is 76.5 cm³/mol. The lowest BCUT2D eigenvalue weighted by Crippen LogP contribution is -1.97. The molecule has 0 aliphatic carbocycles. The van der Waals surface area contributed by atoms with Crippen molar-refractivity contribution in [1.29, 1.82) is 0 Å². The molecule has 0 fully saturated rings. The van der Waals surface area contributed by atoms with Crippen molar-refractivity contribution in [2.45, 2.75) is 6.16 Å². The summed E-state index contributed by atoms with van der Waals surface area (Å²) in [6.45, 7) is 0. The Kier molecular flexibility index (Phi) is 4.08. The van der Waals surface area contributed by atoms with Gasteiger partial charge in [-0.15, -0.1) is 0 Å². The van der Waals surface area contributed by atoms with Gasteiger partial charge in [0, 0.05) is 9.13 Å². The number of halogens is 1. The van der Waals surface area contributed by atoms with Gasteiger partial charge >= 0.3 is 7.80 Å². The van der Waals surface area contributed by atoms with Crippen LogP contribution >= 0.6 is 30.4 Å². The molecule has 16 heavy (non-hydrogen) atoms. The van der Waals surface area contributed by atoms with Crippen LogP contribution in [-0.4, -0.2) is 0 Å². The summed E-state index contributed by atoms with van der Waals surface area (Å²) in [7, 11) is -1.32. The SMILES string of the molecule is O=[P+](Cc1ccccc1I)c1ccccc1. The van der Waals surface area contributed by atoms with E-state index in [1.54, 1.807) is 0 Å². The minimum atomic E-state index is -1.32. The van der Waals surface area contributed by atoms with Crippen LogP contribution in [0.3, 0.4) is 0 Å². The Hall–Kier alpha value is -0.730. The van der Waals surface area contributed by atoms with E-state index >= 15 is 0 Å². The second-order valence-electron chi connectivity index (χ2n) is 3.46. The van der Waals surface area contributed by atoms with Crippen molar-refractivity contribution in [3.8, 4) is 0 Å². The highest BCUT2D eigenvalue weighted by molar-refractivity contribution is 14.1. The smallest absolute Gasteiger partial charge is 0.0677 e. The molecule has 1 nitrogen and oxygen atoms in total. The van der Waals surface area contributed by atoms with Crippen LogP contribution in [0.15, 0.2) is 54.6 Å². The summed E-state index contributed by atoms with van der Waals surface area (Å²) in [5.41, 5.74) is 1.16. The molecule has 0 aliphatic heterocycles. The average Bonchev–Trinajstić information content (AvgIpc) is 2.33. The summed E-state index contributed by atoms with van der Waals surface area (Å²) in [6.07, 6.45) is 0.623. The molecule has 0 saturated carbocycles. The number of hydrogen-bond acceptors (Lipinski definition) is 1. The summed E-state index contributed by atoms with van der Waals surface area (Å²) in [5, 5.41) is 0.928. The summed E-state index contributed by atoms with van der Waals surface area (Å²) < 4.78 is 13.3. The van der Waals surface area contributed by atoms with Crippen molar-refractivity contribution in [2.24, 2.45) is 0 Å². The quantitative estimate of drug-likeness (QED) is 0.610. The van der Waals surface area contributed by atoms with Crippen molar-refractivity contribution in [1.82, 2.24) is 0 Å². The third-order valence-corrected chi connectivity index (χ3v) is 4.87. The molecule has 0 radical (unpaired) electrons. The minimum Gasteiger partial charge on any atom is -0.0677 e. The molecule has 2 aromatic carbocycles. The second-order valence-corrected chi connectivity index (χ2v) is 6.22. The zero-order valence-corrected chi connectivity index (χ0v) is 11.7. The zero-order valence-electron chi connectivity index (χ0n) is 8.64. The Labute approximate surface area is 110 Å². The first-order chi connectivity index (χ1) is 7.77. The van der Waals surface area contributed by atoms with Gasteiger partial charge in [-0.3, -0.25) is 0 Å². The molecule has 0 bridgehead atoms. The average molecular weight is 341 g/mol. The molecule has 1 atom stereocenters. The summed E-state index contributed by atoms with van der Waals surface area (Å²) in [6, 6.07) is 17.7. The molecule has 0 aliphatic rings. The monoisotopic (exact) mass is 341 g/mol. The molecule has 80 valence electrons. The third-order valence-electron chi connectivity index (χ3n) is 2.32. The van der Waals surface area contributed by atoms with Gasteiger partial charge in [0.25, 0.3) is 0 Å². The Morgan fingerprint density at radius 2 is 1.56 bits per heavy atom. The lowest BCUT2D eigenvalue weighted by Gasteiger charge is -1.96. The maximum absolute atomic E-state index is 12.1. The molecule has 0 spiro atoms. The first kappa shape index (κ1) is 11.7. The van der Waals surface area contributed by atoms with Gasteiger partial charge in [0.1, 0.15) is 0 Å². The van der Waals surface area contributed by atoms with Gasteiger partial charge in [-0.05, 0) is 40.8 Å². The zero-order chi connectivity index (χ0) is 11.4. The maximum Gasteiger partial charge on any atom is 0.381 e. The van der Waals surface area contributed by atoms with Crippen LogP contribution in [0.2, 0.25) is 0 Å². The molecular formula is C13H11IOP+. The highest BCUT2D eigenvalue weighted by Crippen LogP contribution is 2.28. The van der Waals surface area contributed by atoms with Crippen LogP contribution in [0.5, 0.6) is 0 Å². The summed E-state index contributed by atoms with van der Waals surface area (Å²) in [4.78, 5) is 0. The lowest BCUT2D eigenvalue weighted by molar-refractivity contribution is 0.592. The van der Waals surface area contributed by atoms with Crippen molar-refractivity contribution >= 4 is 35.7 Å². The molecular weight excluding hydrogens is 330 g/mol. The normalized spacial score (nSPS) is 11.2. The Morgan fingerprint density at radius 3 is 2.25 bits per heavy atom. The van der Waals surface area contributed by atoms with E-state index in [9.17, 15) is 4.57 Å². The van der Waals surface area contributed by atoms with Gasteiger partial charge in [0.05, 0.1) is 0 Å². The predicted octanol–water partition coefficient (Wildman–Crippen LogP) is 3.94. The van der Waals surface area contributed by atoms with Gasteiger partial charge in [0.2, 0.25) is 0 Å². The van der Waals surface area contributed by atoms with Crippen LogP contribution in [0.1, 0.15) is 5.56 Å². The van der Waals surface area contributed by atoms with Gasteiger partial charge in [-0.1, -0.05) is 41.0 Å². The van der Waals surface area contributed by atoms with E-state index in [2.05, 4.69) is 22.6 Å². The molecule has 2 rings (SSSR count). The van der Waals surface area contributed by atoms with Gasteiger partial charge in [0.15, 0.2) is 11.5 Å². The molecule has 0 aromatic heterocycles. The third kappa shape index (κ3) is 2.89. The van der Waals surface area contributed by atoms with Crippen molar-refractivity contribution < 1.29 is 4.57 Å². The van der Waals surface area contributed by atoms with E-state index in [1.165, 1.54) is 3.57 Å². The Morgan fingerprint density at radius 1 is 0.938 bits per heavy atom. The van der Waals surface area contributed by atoms with Gasteiger partial charge in [-0.25, -0.2) is 0 Å². The highest BCUT2D eigenvalue weighted by Gasteiger charge is 2.20. The fourth-order valence-electron chi connectivity index (χ4n) is 1.47. The van der Waals surface area contributed by atoms with E-state index in [1.807, 2.05) is 54.6 Å². The number of benzene rings is 2. The molecule has 1 unspecified atom stereocenters. The van der Waals surface area contributed by atoms with Crippen molar-refractivity contribution in [3.63, 3.8) is 0 Å². The van der Waals surface area contributed by atoms with Gasteiger partial charge in [-0.2, -0.15) is 0 Å². The molecule has 0 heterocycles. The van der Waals surface area contributed by atoms with Crippen molar-refractivity contribution in [3.05, 3.63) is 63.7 Å². The first-order valence-corrected chi connectivity index (χ1v) is 7.53. The maximum atomic E-state index is 12.1. The topological polar surface area (TPSA) is 17.1 Å². The van der Waals surface area contributed by atoms with E-state index in [4.69, 9.17) is 0 Å². The highest BCUT2D eigenvalue weighted by atomic mass is 127. The number of rotatable bonds is 3. The lowest BCUT2D eigenvalue weighted by atomic mass is 10.2. The molecule has 0 saturated heterocycles. The summed E-state index contributed by atoms with van der Waals surface area (Å²) in [5.74, 6) is 0. The van der Waals surface area contributed by atoms with Crippen molar-refractivity contribution in [2.75, 3.05) is 0 Å². The fourth-order valence-corrected chi connectivity index (χ4v) is 3.62. The Bertz CT molecular complexity index is 496. The van der Waals surface area contributed by atoms with Crippen LogP contribution in [0, 0.1) is 3.57 Å². The molecule has 2 aromatic rings. The molecule has 0 amide bonds. The standard InChI is InChI=1S/C13H11IOP/c14-13-9-5-4-6-11(13)10-16(15)12-7-2-1-3-8-12/h1-9H,10H2/q+1.